The minimum absolute atomic E-state index is 0. The summed E-state index contributed by atoms with van der Waals surface area (Å²) in [6.45, 7) is 2.67. The van der Waals surface area contributed by atoms with Crippen molar-refractivity contribution >= 4 is 0 Å². The summed E-state index contributed by atoms with van der Waals surface area (Å²) in [7, 11) is 0. The average molecular weight is 87.1 g/mol. The standard InChI is InChI=1S/C3H7NO.N/c1-2-5-3-4-1;/h4H,1-3H2;. The summed E-state index contributed by atoms with van der Waals surface area (Å²) >= 11 is 0. The van der Waals surface area contributed by atoms with Crippen molar-refractivity contribution in [2.24, 2.45) is 0 Å². The maximum Gasteiger partial charge on any atom is 0.0966 e. The Kier molecular flexibility index (Phi) is 3.02. The molecule has 0 bridgehead atoms. The Balaban J connectivity index is 0.000000250. The fourth-order valence-corrected chi connectivity index (χ4v) is 0.361. The summed E-state index contributed by atoms with van der Waals surface area (Å²) < 4.78 is 4.83. The number of rotatable bonds is 0. The molecule has 3 heteroatoms. The molecule has 0 spiro atoms. The summed E-state index contributed by atoms with van der Waals surface area (Å²) in [6.07, 6.45) is 0. The molecule has 1 saturated heterocycles. The van der Waals surface area contributed by atoms with Gasteiger partial charge in [0.25, 0.3) is 0 Å². The van der Waals surface area contributed by atoms with Crippen LogP contribution in [-0.4, -0.2) is 19.9 Å². The lowest BCUT2D eigenvalue weighted by molar-refractivity contribution is 0.194. The molecule has 35 valence electrons. The number of hydrogen-bond donors (Lipinski definition) is 1. The van der Waals surface area contributed by atoms with Crippen molar-refractivity contribution in [3.05, 3.63) is 0 Å². The van der Waals surface area contributed by atoms with Gasteiger partial charge < -0.3 is 4.74 Å². The lowest BCUT2D eigenvalue weighted by atomic mass is 10.7. The summed E-state index contributed by atoms with van der Waals surface area (Å²) in [5, 5.41) is 3.00. The Labute approximate surface area is 37.3 Å². The molecule has 1 N–H and O–H groups in total. The zero-order valence-corrected chi connectivity index (χ0v) is 3.48. The predicted molar refractivity (Wildman–Crippen MR) is 21.0 cm³/mol. The van der Waals surface area contributed by atoms with Crippen LogP contribution in [0.25, 0.3) is 0 Å². The van der Waals surface area contributed by atoms with Crippen molar-refractivity contribution in [3.63, 3.8) is 0 Å². The van der Waals surface area contributed by atoms with Gasteiger partial charge >= 0.3 is 0 Å². The van der Waals surface area contributed by atoms with Crippen LogP contribution in [0.1, 0.15) is 0 Å². The van der Waals surface area contributed by atoms with Gasteiger partial charge in [-0.3, -0.25) is 5.32 Å². The third-order valence-electron chi connectivity index (χ3n) is 0.627. The second-order valence-corrected chi connectivity index (χ2v) is 1.05. The topological polar surface area (TPSA) is 51.8 Å². The Hall–Kier alpha value is -0.120. The van der Waals surface area contributed by atoms with E-state index in [2.05, 4.69) is 5.32 Å². The van der Waals surface area contributed by atoms with Crippen molar-refractivity contribution in [2.45, 2.75) is 0 Å². The van der Waals surface area contributed by atoms with Crippen molar-refractivity contribution in [3.8, 4) is 0 Å². The van der Waals surface area contributed by atoms with E-state index >= 15 is 0 Å². The van der Waals surface area contributed by atoms with Crippen LogP contribution in [0.3, 0.4) is 0 Å². The molecule has 0 aromatic rings. The predicted octanol–water partition coefficient (Wildman–Crippen LogP) is -0.917. The molecular weight excluding hydrogens is 80.0 g/mol. The van der Waals surface area contributed by atoms with E-state index in [1.54, 1.807) is 0 Å². The van der Waals surface area contributed by atoms with Gasteiger partial charge in [-0.2, -0.15) is 0 Å². The van der Waals surface area contributed by atoms with Gasteiger partial charge in [0.05, 0.1) is 13.3 Å². The van der Waals surface area contributed by atoms with E-state index in [0.29, 0.717) is 0 Å². The first-order valence-electron chi connectivity index (χ1n) is 1.78. The molecule has 1 rings (SSSR count). The molecule has 1 fully saturated rings. The van der Waals surface area contributed by atoms with Crippen LogP contribution in [0.5, 0.6) is 0 Å². The number of nitrogens with zero attached hydrogens (tertiary/aromatic N) is 1. The maximum atomic E-state index is 4.83. The zero-order chi connectivity index (χ0) is 3.54. The average Bonchev–Trinajstić information content (AvgIpc) is 1.76. The van der Waals surface area contributed by atoms with E-state index in [0.717, 1.165) is 19.9 Å². The number of ether oxygens (including phenoxy) is 1. The highest BCUT2D eigenvalue weighted by molar-refractivity contribution is 4.43. The van der Waals surface area contributed by atoms with Crippen LogP contribution < -0.4 is 11.5 Å². The van der Waals surface area contributed by atoms with Crippen LogP contribution in [0.4, 0.5) is 0 Å². The summed E-state index contributed by atoms with van der Waals surface area (Å²) in [4.78, 5) is 0. The molecule has 1 aliphatic rings. The maximum absolute atomic E-state index is 4.83. The lowest BCUT2D eigenvalue weighted by Crippen LogP contribution is -2.05. The molecular formula is C3H7N2O. The minimum atomic E-state index is 0. The Morgan fingerprint density at radius 1 is 1.50 bits per heavy atom. The van der Waals surface area contributed by atoms with Gasteiger partial charge in [0.15, 0.2) is 0 Å². The normalized spacial score (nSPS) is 20.0. The molecule has 1 heterocycles. The number of nitrogens with one attached hydrogen (secondary N) is 1. The molecule has 3 radical (unpaired) electrons. The van der Waals surface area contributed by atoms with Crippen molar-refractivity contribution in [1.29, 1.82) is 0 Å². The molecule has 0 unspecified atom stereocenters. The van der Waals surface area contributed by atoms with Gasteiger partial charge in [0, 0.05) is 12.7 Å². The van der Waals surface area contributed by atoms with Crippen LogP contribution in [0, 0.1) is 0 Å². The molecule has 0 aliphatic carbocycles. The largest absolute Gasteiger partial charge is 0.365 e. The van der Waals surface area contributed by atoms with Crippen molar-refractivity contribution in [1.82, 2.24) is 11.5 Å². The third-order valence-corrected chi connectivity index (χ3v) is 0.627. The van der Waals surface area contributed by atoms with Crippen LogP contribution in [0.15, 0.2) is 0 Å². The highest BCUT2D eigenvalue weighted by Gasteiger charge is 1.92. The van der Waals surface area contributed by atoms with Gasteiger partial charge in [0.2, 0.25) is 0 Å². The minimum Gasteiger partial charge on any atom is -0.365 e. The Morgan fingerprint density at radius 3 is 2.50 bits per heavy atom. The van der Waals surface area contributed by atoms with Crippen LogP contribution in [-0.2, 0) is 4.74 Å². The fraction of sp³-hybridized carbons (Fsp3) is 1.00. The van der Waals surface area contributed by atoms with E-state index in [1.165, 1.54) is 0 Å². The molecule has 0 aromatic carbocycles. The zero-order valence-electron chi connectivity index (χ0n) is 3.48. The molecule has 0 aromatic heterocycles. The van der Waals surface area contributed by atoms with E-state index in [1.807, 2.05) is 0 Å². The van der Waals surface area contributed by atoms with Crippen molar-refractivity contribution in [2.75, 3.05) is 19.9 Å². The second kappa shape index (κ2) is 3.08. The van der Waals surface area contributed by atoms with Gasteiger partial charge in [-0.05, 0) is 0 Å². The smallest absolute Gasteiger partial charge is 0.0966 e. The monoisotopic (exact) mass is 87.1 g/mol. The quantitative estimate of drug-likeness (QED) is 0.415. The summed E-state index contributed by atoms with van der Waals surface area (Å²) in [5.74, 6) is 0. The lowest BCUT2D eigenvalue weighted by Gasteiger charge is -1.76. The molecule has 0 saturated carbocycles. The molecule has 0 amide bonds. The fourth-order valence-electron chi connectivity index (χ4n) is 0.361. The first kappa shape index (κ1) is 5.88. The highest BCUT2D eigenvalue weighted by Crippen LogP contribution is 1.75. The first-order chi connectivity index (χ1) is 2.50. The highest BCUT2D eigenvalue weighted by atomic mass is 16.5. The molecule has 0 atom stereocenters. The second-order valence-electron chi connectivity index (χ2n) is 1.05. The third kappa shape index (κ3) is 1.35. The summed E-state index contributed by atoms with van der Waals surface area (Å²) in [6, 6.07) is 0. The molecule has 1 aliphatic heterocycles. The van der Waals surface area contributed by atoms with Gasteiger partial charge in [-0.15, -0.1) is 0 Å². The van der Waals surface area contributed by atoms with E-state index in [9.17, 15) is 0 Å². The Morgan fingerprint density at radius 2 is 2.33 bits per heavy atom. The van der Waals surface area contributed by atoms with Crippen LogP contribution >= 0.6 is 0 Å². The molecule has 6 heavy (non-hydrogen) atoms. The van der Waals surface area contributed by atoms with Crippen molar-refractivity contribution < 1.29 is 4.74 Å². The van der Waals surface area contributed by atoms with Gasteiger partial charge in [-0.25, -0.2) is 0 Å². The molecule has 3 nitrogen and oxygen atoms in total. The van der Waals surface area contributed by atoms with E-state index < -0.39 is 0 Å². The van der Waals surface area contributed by atoms with Gasteiger partial charge in [0.1, 0.15) is 0 Å². The summed E-state index contributed by atoms with van der Waals surface area (Å²) in [5.41, 5.74) is 0. The van der Waals surface area contributed by atoms with Gasteiger partial charge in [-0.1, -0.05) is 0 Å². The SMILES string of the molecule is C1COCN1.[N]. The Bertz CT molecular complexity index is 20.4. The number of hydrogen-bond acceptors (Lipinski definition) is 2. The van der Waals surface area contributed by atoms with E-state index in [4.69, 9.17) is 4.74 Å². The van der Waals surface area contributed by atoms with Crippen LogP contribution in [0.2, 0.25) is 0 Å². The van der Waals surface area contributed by atoms with E-state index in [-0.39, 0.29) is 6.15 Å². The first-order valence-corrected chi connectivity index (χ1v) is 1.78.